The quantitative estimate of drug-likeness (QED) is 0.709. The van der Waals surface area contributed by atoms with Crippen molar-refractivity contribution in [3.63, 3.8) is 0 Å². The zero-order valence-electron chi connectivity index (χ0n) is 17.2. The highest BCUT2D eigenvalue weighted by atomic mass is 19.2. The molecule has 1 N–H and O–H groups in total. The van der Waals surface area contributed by atoms with Gasteiger partial charge in [0.15, 0.2) is 17.5 Å². The van der Waals surface area contributed by atoms with Crippen molar-refractivity contribution in [2.45, 2.75) is 25.0 Å². The molecule has 1 aromatic heterocycles. The second-order valence-electron chi connectivity index (χ2n) is 7.83. The molecule has 1 fully saturated rings. The third-order valence-electron chi connectivity index (χ3n) is 6.00. The first-order valence-corrected chi connectivity index (χ1v) is 10.2. The van der Waals surface area contributed by atoms with E-state index in [0.717, 1.165) is 54.8 Å². The maximum atomic E-state index is 13.4. The molecule has 1 spiro atoms. The molecule has 0 saturated carbocycles. The largest absolute Gasteiger partial charge is 0.365 e. The molecule has 0 atom stereocenters. The molecule has 1 aromatic carbocycles. The molecular formula is C24H24F2N4O. The molecule has 4 rings (SSSR count). The van der Waals surface area contributed by atoms with Crippen LogP contribution in [0.15, 0.2) is 67.0 Å². The molecule has 2 aromatic rings. The van der Waals surface area contributed by atoms with Gasteiger partial charge < -0.3 is 4.74 Å². The second-order valence-corrected chi connectivity index (χ2v) is 7.83. The van der Waals surface area contributed by atoms with Crippen LogP contribution in [0.4, 0.5) is 8.78 Å². The fourth-order valence-corrected chi connectivity index (χ4v) is 4.24. The van der Waals surface area contributed by atoms with Gasteiger partial charge in [-0.2, -0.15) is 0 Å². The highest BCUT2D eigenvalue weighted by Crippen LogP contribution is 2.41. The fourth-order valence-electron chi connectivity index (χ4n) is 4.24. The highest BCUT2D eigenvalue weighted by molar-refractivity contribution is 6.08. The lowest BCUT2D eigenvalue weighted by Crippen LogP contribution is -2.45. The molecule has 3 heterocycles. The number of halogens is 2. The van der Waals surface area contributed by atoms with Crippen molar-refractivity contribution < 1.29 is 13.5 Å². The van der Waals surface area contributed by atoms with E-state index in [1.54, 1.807) is 12.4 Å². The molecule has 0 unspecified atom stereocenters. The number of aromatic nitrogens is 2. The summed E-state index contributed by atoms with van der Waals surface area (Å²) in [5.41, 5.74) is 3.12. The van der Waals surface area contributed by atoms with Crippen molar-refractivity contribution in [3.05, 3.63) is 95.6 Å². The Balaban J connectivity index is 1.39. The summed E-state index contributed by atoms with van der Waals surface area (Å²) in [6, 6.07) is 3.32. The Bertz CT molecular complexity index is 1050. The average molecular weight is 422 g/mol. The second kappa shape index (κ2) is 8.61. The van der Waals surface area contributed by atoms with Crippen LogP contribution >= 0.6 is 0 Å². The zero-order valence-corrected chi connectivity index (χ0v) is 17.2. The van der Waals surface area contributed by atoms with E-state index in [1.165, 1.54) is 6.07 Å². The average Bonchev–Trinajstić information content (AvgIpc) is 3.14. The Morgan fingerprint density at radius 3 is 2.45 bits per heavy atom. The first-order valence-electron chi connectivity index (χ1n) is 10.2. The predicted octanol–water partition coefficient (Wildman–Crippen LogP) is 4.20. The normalized spacial score (nSPS) is 18.4. The molecule has 0 radical (unpaired) electrons. The topological polar surface area (TPSA) is 62.1 Å². The van der Waals surface area contributed by atoms with E-state index in [0.29, 0.717) is 13.2 Å². The van der Waals surface area contributed by atoms with Gasteiger partial charge in [-0.25, -0.2) is 18.7 Å². The lowest BCUT2D eigenvalue weighted by molar-refractivity contribution is -0.0301. The van der Waals surface area contributed by atoms with Crippen molar-refractivity contribution >= 4 is 5.71 Å². The van der Waals surface area contributed by atoms with Gasteiger partial charge in [0.25, 0.3) is 0 Å². The van der Waals surface area contributed by atoms with Gasteiger partial charge in [0.2, 0.25) is 0 Å². The van der Waals surface area contributed by atoms with E-state index >= 15 is 0 Å². The molecule has 160 valence electrons. The highest BCUT2D eigenvalue weighted by Gasteiger charge is 2.42. The van der Waals surface area contributed by atoms with Crippen molar-refractivity contribution in [2.24, 2.45) is 0 Å². The van der Waals surface area contributed by atoms with E-state index in [2.05, 4.69) is 28.0 Å². The SMILES string of the molecule is C=CC1=C(C=C)C2(CCN(Cc3cnc(C(=N)c4ccc(F)c(F)c4)nc3)CC2)OC1. The van der Waals surface area contributed by atoms with Crippen LogP contribution in [0.3, 0.4) is 0 Å². The van der Waals surface area contributed by atoms with Crippen molar-refractivity contribution in [3.8, 4) is 0 Å². The van der Waals surface area contributed by atoms with E-state index in [4.69, 9.17) is 10.1 Å². The van der Waals surface area contributed by atoms with Gasteiger partial charge >= 0.3 is 0 Å². The summed E-state index contributed by atoms with van der Waals surface area (Å²) < 4.78 is 32.7. The number of nitrogens with one attached hydrogen (secondary N) is 1. The van der Waals surface area contributed by atoms with Crippen molar-refractivity contribution in [1.29, 1.82) is 5.41 Å². The zero-order chi connectivity index (χ0) is 22.0. The van der Waals surface area contributed by atoms with E-state index < -0.39 is 11.6 Å². The van der Waals surface area contributed by atoms with Crippen LogP contribution in [-0.4, -0.2) is 45.9 Å². The minimum absolute atomic E-state index is 0.0505. The van der Waals surface area contributed by atoms with Gasteiger partial charge in [-0.3, -0.25) is 10.3 Å². The molecule has 0 amide bonds. The lowest BCUT2D eigenvalue weighted by Gasteiger charge is -2.39. The molecule has 5 nitrogen and oxygen atoms in total. The van der Waals surface area contributed by atoms with Crippen molar-refractivity contribution in [1.82, 2.24) is 14.9 Å². The summed E-state index contributed by atoms with van der Waals surface area (Å²) in [5.74, 6) is -1.78. The summed E-state index contributed by atoms with van der Waals surface area (Å²) in [6.45, 7) is 10.9. The molecular weight excluding hydrogens is 398 g/mol. The number of ether oxygens (including phenoxy) is 1. The minimum Gasteiger partial charge on any atom is -0.365 e. The van der Waals surface area contributed by atoms with Gasteiger partial charge in [-0.1, -0.05) is 25.3 Å². The van der Waals surface area contributed by atoms with Gasteiger partial charge in [0, 0.05) is 43.2 Å². The smallest absolute Gasteiger partial charge is 0.177 e. The molecule has 1 saturated heterocycles. The molecule has 2 aliphatic rings. The van der Waals surface area contributed by atoms with E-state index in [9.17, 15) is 8.78 Å². The summed E-state index contributed by atoms with van der Waals surface area (Å²) in [4.78, 5) is 10.8. The maximum Gasteiger partial charge on any atom is 0.177 e. The number of hydrogen-bond acceptors (Lipinski definition) is 5. The molecule has 0 bridgehead atoms. The standard InChI is InChI=1S/C24H24F2N4O/c1-3-17-15-31-24(19(17)4-2)7-9-30(10-8-24)14-16-12-28-23(29-13-16)22(27)18-5-6-20(25)21(26)11-18/h3-6,11-13,27H,1-2,7-10,14-15H2. The number of piperidine rings is 1. The molecule has 7 heteroatoms. The van der Waals surface area contributed by atoms with Crippen LogP contribution in [-0.2, 0) is 11.3 Å². The van der Waals surface area contributed by atoms with Gasteiger partial charge in [-0.15, -0.1) is 0 Å². The van der Waals surface area contributed by atoms with Gasteiger partial charge in [-0.05, 0) is 42.2 Å². The minimum atomic E-state index is -0.998. The lowest BCUT2D eigenvalue weighted by atomic mass is 9.83. The van der Waals surface area contributed by atoms with Crippen LogP contribution in [0.1, 0.15) is 29.8 Å². The number of nitrogens with zero attached hydrogens (tertiary/aromatic N) is 3. The first kappa shape index (κ1) is 21.2. The first-order chi connectivity index (χ1) is 15.0. The van der Waals surface area contributed by atoms with Crippen LogP contribution in [0, 0.1) is 17.0 Å². The Labute approximate surface area is 180 Å². The van der Waals surface area contributed by atoms with E-state index in [1.807, 2.05) is 12.2 Å². The monoisotopic (exact) mass is 422 g/mol. The summed E-state index contributed by atoms with van der Waals surface area (Å²) in [6.07, 6.45) is 8.87. The molecule has 2 aliphatic heterocycles. The van der Waals surface area contributed by atoms with E-state index in [-0.39, 0.29) is 22.7 Å². The fraction of sp³-hybridized carbons (Fsp3) is 0.292. The number of hydrogen-bond donors (Lipinski definition) is 1. The predicted molar refractivity (Wildman–Crippen MR) is 115 cm³/mol. The number of likely N-dealkylation sites (tertiary alicyclic amines) is 1. The maximum absolute atomic E-state index is 13.4. The van der Waals surface area contributed by atoms with Crippen molar-refractivity contribution in [2.75, 3.05) is 19.7 Å². The summed E-state index contributed by atoms with van der Waals surface area (Å²) in [5, 5.41) is 8.16. The molecule has 0 aliphatic carbocycles. The van der Waals surface area contributed by atoms with Gasteiger partial charge in [0.1, 0.15) is 5.71 Å². The summed E-state index contributed by atoms with van der Waals surface area (Å²) in [7, 11) is 0. The third kappa shape index (κ3) is 4.11. The Morgan fingerprint density at radius 2 is 1.84 bits per heavy atom. The van der Waals surface area contributed by atoms with Gasteiger partial charge in [0.05, 0.1) is 12.2 Å². The van der Waals surface area contributed by atoms with Crippen LogP contribution in [0.5, 0.6) is 0 Å². The Kier molecular flexibility index (Phi) is 5.89. The van der Waals surface area contributed by atoms with Crippen LogP contribution in [0.2, 0.25) is 0 Å². The molecule has 31 heavy (non-hydrogen) atoms. The van der Waals surface area contributed by atoms with Crippen LogP contribution < -0.4 is 0 Å². The number of benzene rings is 1. The van der Waals surface area contributed by atoms with Crippen LogP contribution in [0.25, 0.3) is 0 Å². The third-order valence-corrected chi connectivity index (χ3v) is 6.00. The Hall–Kier alpha value is -3.03. The Morgan fingerprint density at radius 1 is 1.13 bits per heavy atom. The number of rotatable bonds is 6. The summed E-state index contributed by atoms with van der Waals surface area (Å²) >= 11 is 0.